The summed E-state index contributed by atoms with van der Waals surface area (Å²) in [4.78, 5) is 24.0. The lowest BCUT2D eigenvalue weighted by atomic mass is 10.1. The summed E-state index contributed by atoms with van der Waals surface area (Å²) in [6, 6.07) is 0. The maximum Gasteiger partial charge on any atom is 0.306 e. The number of ether oxygens (including phenoxy) is 2. The molecule has 2 aliphatic rings. The van der Waals surface area contributed by atoms with Gasteiger partial charge in [0.05, 0.1) is 0 Å². The van der Waals surface area contributed by atoms with Gasteiger partial charge >= 0.3 is 11.9 Å². The molecule has 0 N–H and O–H groups in total. The van der Waals surface area contributed by atoms with E-state index >= 15 is 0 Å². The molecule has 2 heterocycles. The van der Waals surface area contributed by atoms with Crippen molar-refractivity contribution in [1.29, 1.82) is 0 Å². The summed E-state index contributed by atoms with van der Waals surface area (Å²) in [5, 5.41) is 1.52. The van der Waals surface area contributed by atoms with Gasteiger partial charge in [0, 0.05) is 34.8 Å². The van der Waals surface area contributed by atoms with E-state index in [0.717, 1.165) is 36.2 Å². The van der Waals surface area contributed by atoms with Crippen LogP contribution in [0.3, 0.4) is 0 Å². The number of carbonyl (C=O) groups is 2. The molecule has 2 rings (SSSR count). The van der Waals surface area contributed by atoms with Crippen molar-refractivity contribution in [2.45, 2.75) is 101 Å². The second-order valence-electron chi connectivity index (χ2n) is 7.54. The van der Waals surface area contributed by atoms with Crippen molar-refractivity contribution in [3.05, 3.63) is 0 Å². The summed E-state index contributed by atoms with van der Waals surface area (Å²) < 4.78 is 10.9. The van der Waals surface area contributed by atoms with E-state index in [1.165, 1.54) is 37.2 Å². The minimum atomic E-state index is -0.398. The molecule has 0 aromatic heterocycles. The summed E-state index contributed by atoms with van der Waals surface area (Å²) in [7, 11) is 7.88. The van der Waals surface area contributed by atoms with Crippen LogP contribution < -0.4 is 0 Å². The van der Waals surface area contributed by atoms with Crippen LogP contribution in [0.4, 0.5) is 0 Å². The highest BCUT2D eigenvalue weighted by Gasteiger charge is 2.21. The van der Waals surface area contributed by atoms with Crippen molar-refractivity contribution in [3.63, 3.8) is 0 Å². The number of carbonyl (C=O) groups excluding carboxylic acids is 2. The molecular weight excluding hydrogens is 432 g/mol. The SMILES string of the molecule is CC(OC(=O)CCCCC1CCSS1)C(C)OC(=O)CCCCC1CCSS1. The van der Waals surface area contributed by atoms with Crippen LogP contribution in [0.5, 0.6) is 0 Å². The fraction of sp³-hybridized carbons (Fsp3) is 0.900. The minimum absolute atomic E-state index is 0.184. The van der Waals surface area contributed by atoms with Crippen LogP contribution in [0, 0.1) is 0 Å². The Morgan fingerprint density at radius 1 is 0.786 bits per heavy atom. The van der Waals surface area contributed by atoms with Crippen molar-refractivity contribution in [3.8, 4) is 0 Å². The Kier molecular flexibility index (Phi) is 12.6. The van der Waals surface area contributed by atoms with Crippen LogP contribution in [0.1, 0.15) is 78.1 Å². The van der Waals surface area contributed by atoms with Crippen LogP contribution in [-0.2, 0) is 19.1 Å². The summed E-state index contributed by atoms with van der Waals surface area (Å²) >= 11 is 0. The van der Waals surface area contributed by atoms with Gasteiger partial charge in [0.1, 0.15) is 12.2 Å². The Bertz CT molecular complexity index is 423. The lowest BCUT2D eigenvalue weighted by Gasteiger charge is -2.21. The van der Waals surface area contributed by atoms with Gasteiger partial charge in [-0.1, -0.05) is 56.0 Å². The molecule has 2 aliphatic heterocycles. The van der Waals surface area contributed by atoms with E-state index in [1.807, 2.05) is 43.2 Å². The number of esters is 2. The van der Waals surface area contributed by atoms with E-state index < -0.39 is 12.2 Å². The highest BCUT2D eigenvalue weighted by molar-refractivity contribution is 8.77. The molecule has 8 heteroatoms. The van der Waals surface area contributed by atoms with E-state index in [-0.39, 0.29) is 11.9 Å². The molecule has 0 spiro atoms. The Balaban J connectivity index is 1.48. The van der Waals surface area contributed by atoms with Gasteiger partial charge in [-0.25, -0.2) is 0 Å². The number of rotatable bonds is 13. The minimum Gasteiger partial charge on any atom is -0.459 e. The van der Waals surface area contributed by atoms with Crippen LogP contribution in [0.2, 0.25) is 0 Å². The first-order valence-electron chi connectivity index (χ1n) is 10.5. The van der Waals surface area contributed by atoms with E-state index in [1.54, 1.807) is 13.8 Å². The monoisotopic (exact) mass is 466 g/mol. The third-order valence-corrected chi connectivity index (χ3v) is 11.1. The molecule has 0 aliphatic carbocycles. The fourth-order valence-corrected chi connectivity index (χ4v) is 9.19. The predicted octanol–water partition coefficient (Wildman–Crippen LogP) is 6.28. The molecule has 0 saturated carbocycles. The smallest absolute Gasteiger partial charge is 0.306 e. The zero-order chi connectivity index (χ0) is 20.2. The van der Waals surface area contributed by atoms with E-state index in [9.17, 15) is 9.59 Å². The maximum atomic E-state index is 12.0. The van der Waals surface area contributed by atoms with Crippen LogP contribution >= 0.6 is 43.2 Å². The molecule has 4 atom stereocenters. The van der Waals surface area contributed by atoms with Gasteiger partial charge in [-0.05, 0) is 52.4 Å². The highest BCUT2D eigenvalue weighted by atomic mass is 33.1. The van der Waals surface area contributed by atoms with Crippen LogP contribution in [-0.4, -0.2) is 46.2 Å². The van der Waals surface area contributed by atoms with E-state index in [0.29, 0.717) is 12.8 Å². The molecule has 162 valence electrons. The zero-order valence-corrected chi connectivity index (χ0v) is 20.3. The fourth-order valence-electron chi connectivity index (χ4n) is 3.14. The van der Waals surface area contributed by atoms with Crippen molar-refractivity contribution in [2.75, 3.05) is 11.5 Å². The maximum absolute atomic E-state index is 12.0. The first kappa shape index (κ1) is 24.6. The topological polar surface area (TPSA) is 52.6 Å². The van der Waals surface area contributed by atoms with Gasteiger partial charge in [0.2, 0.25) is 0 Å². The van der Waals surface area contributed by atoms with E-state index in [2.05, 4.69) is 0 Å². The van der Waals surface area contributed by atoms with Crippen molar-refractivity contribution in [1.82, 2.24) is 0 Å². The second-order valence-corrected chi connectivity index (χ2v) is 13.1. The molecule has 0 amide bonds. The highest BCUT2D eigenvalue weighted by Crippen LogP contribution is 2.40. The number of unbranched alkanes of at least 4 members (excludes halogenated alkanes) is 2. The average molecular weight is 467 g/mol. The molecule has 4 nitrogen and oxygen atoms in total. The van der Waals surface area contributed by atoms with Gasteiger partial charge in [0.15, 0.2) is 0 Å². The Morgan fingerprint density at radius 2 is 1.21 bits per heavy atom. The second kappa shape index (κ2) is 14.4. The van der Waals surface area contributed by atoms with Crippen LogP contribution in [0.15, 0.2) is 0 Å². The third kappa shape index (κ3) is 10.4. The standard InChI is InChI=1S/C20H34O4S4/c1-15(23-19(21)9-5-3-7-17-11-13-25-27-17)16(2)24-20(22)10-6-4-8-18-12-14-26-28-18/h15-18H,3-14H2,1-2H3. The summed E-state index contributed by atoms with van der Waals surface area (Å²) in [6.07, 6.45) is 8.96. The van der Waals surface area contributed by atoms with Crippen molar-refractivity contribution in [2.24, 2.45) is 0 Å². The van der Waals surface area contributed by atoms with Crippen molar-refractivity contribution < 1.29 is 19.1 Å². The summed E-state index contributed by atoms with van der Waals surface area (Å²) in [6.45, 7) is 3.61. The first-order chi connectivity index (χ1) is 13.5. The number of hydrogen-bond donors (Lipinski definition) is 0. The molecule has 2 fully saturated rings. The van der Waals surface area contributed by atoms with Gasteiger partial charge in [-0.15, -0.1) is 0 Å². The molecule has 4 unspecified atom stereocenters. The predicted molar refractivity (Wildman–Crippen MR) is 125 cm³/mol. The Morgan fingerprint density at radius 3 is 1.57 bits per heavy atom. The lowest BCUT2D eigenvalue weighted by Crippen LogP contribution is -2.30. The van der Waals surface area contributed by atoms with E-state index in [4.69, 9.17) is 9.47 Å². The molecule has 0 aromatic rings. The molecule has 0 radical (unpaired) electrons. The third-order valence-electron chi connectivity index (χ3n) is 5.06. The summed E-state index contributed by atoms with van der Waals surface area (Å²) in [5.74, 6) is 2.14. The average Bonchev–Trinajstić information content (AvgIpc) is 3.36. The molecular formula is C20H34O4S4. The summed E-state index contributed by atoms with van der Waals surface area (Å²) in [5.41, 5.74) is 0. The molecule has 0 bridgehead atoms. The normalized spacial score (nSPS) is 24.1. The lowest BCUT2D eigenvalue weighted by molar-refractivity contribution is -0.165. The Hall–Kier alpha value is 0.340. The number of hydrogen-bond acceptors (Lipinski definition) is 8. The van der Waals surface area contributed by atoms with Crippen molar-refractivity contribution >= 4 is 55.1 Å². The molecule has 0 aromatic carbocycles. The van der Waals surface area contributed by atoms with Gasteiger partial charge in [-0.2, -0.15) is 0 Å². The zero-order valence-electron chi connectivity index (χ0n) is 17.1. The van der Waals surface area contributed by atoms with Crippen LogP contribution in [0.25, 0.3) is 0 Å². The quantitative estimate of drug-likeness (QED) is 0.179. The van der Waals surface area contributed by atoms with Gasteiger partial charge in [0.25, 0.3) is 0 Å². The largest absolute Gasteiger partial charge is 0.459 e. The first-order valence-corrected chi connectivity index (χ1v) is 15.3. The molecule has 28 heavy (non-hydrogen) atoms. The van der Waals surface area contributed by atoms with Gasteiger partial charge < -0.3 is 9.47 Å². The Labute approximate surface area is 186 Å². The van der Waals surface area contributed by atoms with Gasteiger partial charge in [-0.3, -0.25) is 9.59 Å². The molecule has 2 saturated heterocycles.